The SMILES string of the molecule is Cc1nc(C)n(CCCNC(=O)c2ccc(SCCO)cc2)n1. The molecule has 124 valence electrons. The van der Waals surface area contributed by atoms with Crippen LogP contribution in [0.15, 0.2) is 29.2 Å². The molecule has 1 amide bonds. The molecule has 0 bridgehead atoms. The van der Waals surface area contributed by atoms with Crippen LogP contribution in [0.3, 0.4) is 0 Å². The maximum atomic E-state index is 12.1. The Kier molecular flexibility index (Phi) is 6.61. The van der Waals surface area contributed by atoms with Crippen LogP contribution in [0.4, 0.5) is 0 Å². The molecule has 0 saturated carbocycles. The summed E-state index contributed by atoms with van der Waals surface area (Å²) in [6.07, 6.45) is 0.805. The van der Waals surface area contributed by atoms with Crippen LogP contribution in [0.5, 0.6) is 0 Å². The molecule has 0 spiro atoms. The van der Waals surface area contributed by atoms with Gasteiger partial charge in [0.2, 0.25) is 0 Å². The van der Waals surface area contributed by atoms with Crippen LogP contribution in [-0.4, -0.2) is 44.7 Å². The Morgan fingerprint density at radius 3 is 2.65 bits per heavy atom. The molecule has 0 aliphatic heterocycles. The van der Waals surface area contributed by atoms with E-state index in [-0.39, 0.29) is 12.5 Å². The highest BCUT2D eigenvalue weighted by Crippen LogP contribution is 2.17. The van der Waals surface area contributed by atoms with Crippen LogP contribution in [0.1, 0.15) is 28.4 Å². The van der Waals surface area contributed by atoms with Crippen molar-refractivity contribution in [3.63, 3.8) is 0 Å². The molecule has 6 nitrogen and oxygen atoms in total. The second-order valence-corrected chi connectivity index (χ2v) is 6.30. The van der Waals surface area contributed by atoms with Gasteiger partial charge in [-0.2, -0.15) is 5.10 Å². The quantitative estimate of drug-likeness (QED) is 0.568. The molecule has 2 rings (SSSR count). The Hall–Kier alpha value is -1.86. The minimum Gasteiger partial charge on any atom is -0.396 e. The highest BCUT2D eigenvalue weighted by Gasteiger charge is 2.06. The molecule has 1 heterocycles. The number of aliphatic hydroxyl groups is 1. The number of carbonyl (C=O) groups is 1. The molecule has 1 aromatic carbocycles. The number of nitrogens with one attached hydrogen (secondary N) is 1. The summed E-state index contributed by atoms with van der Waals surface area (Å²) in [7, 11) is 0. The van der Waals surface area contributed by atoms with E-state index in [9.17, 15) is 4.79 Å². The van der Waals surface area contributed by atoms with Crippen LogP contribution in [0.2, 0.25) is 0 Å². The fraction of sp³-hybridized carbons (Fsp3) is 0.438. The number of carbonyl (C=O) groups excluding carboxylic acids is 1. The van der Waals surface area contributed by atoms with Gasteiger partial charge in [0.1, 0.15) is 11.6 Å². The van der Waals surface area contributed by atoms with Gasteiger partial charge in [-0.25, -0.2) is 4.98 Å². The third-order valence-electron chi connectivity index (χ3n) is 3.27. The van der Waals surface area contributed by atoms with Gasteiger partial charge in [-0.05, 0) is 44.5 Å². The van der Waals surface area contributed by atoms with Crippen molar-refractivity contribution in [1.82, 2.24) is 20.1 Å². The van der Waals surface area contributed by atoms with Crippen LogP contribution in [0, 0.1) is 13.8 Å². The fourth-order valence-electron chi connectivity index (χ4n) is 2.17. The average Bonchev–Trinajstić information content (AvgIpc) is 2.87. The van der Waals surface area contributed by atoms with Gasteiger partial charge in [-0.1, -0.05) is 0 Å². The number of aliphatic hydroxyl groups excluding tert-OH is 1. The van der Waals surface area contributed by atoms with Gasteiger partial charge in [0.15, 0.2) is 0 Å². The van der Waals surface area contributed by atoms with E-state index in [0.717, 1.165) is 29.5 Å². The van der Waals surface area contributed by atoms with E-state index in [1.54, 1.807) is 23.9 Å². The molecular formula is C16H22N4O2S. The van der Waals surface area contributed by atoms with Gasteiger partial charge < -0.3 is 10.4 Å². The average molecular weight is 334 g/mol. The highest BCUT2D eigenvalue weighted by molar-refractivity contribution is 7.99. The van der Waals surface area contributed by atoms with Crippen molar-refractivity contribution in [3.8, 4) is 0 Å². The number of aromatic nitrogens is 3. The minimum atomic E-state index is -0.0739. The molecule has 23 heavy (non-hydrogen) atoms. The lowest BCUT2D eigenvalue weighted by Gasteiger charge is -2.07. The Morgan fingerprint density at radius 1 is 1.30 bits per heavy atom. The third-order valence-corrected chi connectivity index (χ3v) is 4.26. The fourth-order valence-corrected chi connectivity index (χ4v) is 2.83. The molecule has 2 aromatic rings. The topological polar surface area (TPSA) is 80.0 Å². The zero-order valence-corrected chi connectivity index (χ0v) is 14.3. The normalized spacial score (nSPS) is 10.7. The van der Waals surface area contributed by atoms with Crippen molar-refractivity contribution in [1.29, 1.82) is 0 Å². The standard InChI is InChI=1S/C16H22N4O2S/c1-12-18-13(2)20(19-12)9-3-8-17-16(22)14-4-6-15(7-5-14)23-11-10-21/h4-7,21H,3,8-11H2,1-2H3,(H,17,22). The summed E-state index contributed by atoms with van der Waals surface area (Å²) in [6, 6.07) is 7.41. The van der Waals surface area contributed by atoms with Gasteiger partial charge in [0.25, 0.3) is 5.91 Å². The number of thioether (sulfide) groups is 1. The Bertz CT molecular complexity index is 640. The van der Waals surface area contributed by atoms with Gasteiger partial charge in [-0.3, -0.25) is 9.48 Å². The van der Waals surface area contributed by atoms with E-state index >= 15 is 0 Å². The second kappa shape index (κ2) is 8.69. The first-order valence-corrected chi connectivity index (χ1v) is 8.58. The maximum Gasteiger partial charge on any atom is 0.251 e. The van der Waals surface area contributed by atoms with Gasteiger partial charge in [0.05, 0.1) is 6.61 Å². The number of nitrogens with zero attached hydrogens (tertiary/aromatic N) is 3. The molecule has 0 fully saturated rings. The first kappa shape index (κ1) is 17.5. The first-order valence-electron chi connectivity index (χ1n) is 7.60. The molecule has 7 heteroatoms. The van der Waals surface area contributed by atoms with Crippen LogP contribution in [0.25, 0.3) is 0 Å². The molecule has 0 saturated heterocycles. The largest absolute Gasteiger partial charge is 0.396 e. The summed E-state index contributed by atoms with van der Waals surface area (Å²) in [4.78, 5) is 17.4. The number of amides is 1. The lowest BCUT2D eigenvalue weighted by molar-refractivity contribution is 0.0952. The first-order chi connectivity index (χ1) is 11.1. The van der Waals surface area contributed by atoms with E-state index < -0.39 is 0 Å². The van der Waals surface area contributed by atoms with Gasteiger partial charge >= 0.3 is 0 Å². The monoisotopic (exact) mass is 334 g/mol. The van der Waals surface area contributed by atoms with Crippen LogP contribution >= 0.6 is 11.8 Å². The Labute approximate surface area is 140 Å². The van der Waals surface area contributed by atoms with Crippen LogP contribution < -0.4 is 5.32 Å². The van der Waals surface area contributed by atoms with Crippen molar-refractivity contribution in [2.24, 2.45) is 0 Å². The van der Waals surface area contributed by atoms with Crippen molar-refractivity contribution in [2.45, 2.75) is 31.7 Å². The molecule has 0 radical (unpaired) electrons. The number of rotatable bonds is 8. The van der Waals surface area contributed by atoms with Crippen molar-refractivity contribution < 1.29 is 9.90 Å². The van der Waals surface area contributed by atoms with E-state index in [4.69, 9.17) is 5.11 Å². The molecule has 0 aliphatic rings. The number of benzene rings is 1. The summed E-state index contributed by atoms with van der Waals surface area (Å²) in [5, 5.41) is 16.0. The van der Waals surface area contributed by atoms with E-state index in [0.29, 0.717) is 17.9 Å². The van der Waals surface area contributed by atoms with Crippen LogP contribution in [-0.2, 0) is 6.54 Å². The van der Waals surface area contributed by atoms with Crippen molar-refractivity contribution >= 4 is 17.7 Å². The number of aryl methyl sites for hydroxylation is 3. The molecule has 0 aliphatic carbocycles. The zero-order valence-electron chi connectivity index (χ0n) is 13.5. The van der Waals surface area contributed by atoms with E-state index in [2.05, 4.69) is 15.4 Å². The van der Waals surface area contributed by atoms with Gasteiger partial charge in [-0.15, -0.1) is 11.8 Å². The Morgan fingerprint density at radius 2 is 2.04 bits per heavy atom. The van der Waals surface area contributed by atoms with E-state index in [1.807, 2.05) is 30.7 Å². The summed E-state index contributed by atoms with van der Waals surface area (Å²) in [6.45, 7) is 5.28. The molecule has 0 unspecified atom stereocenters. The predicted octanol–water partition coefficient (Wildman–Crippen LogP) is 1.80. The number of hydrogen-bond donors (Lipinski definition) is 2. The predicted molar refractivity (Wildman–Crippen MR) is 90.7 cm³/mol. The lowest BCUT2D eigenvalue weighted by atomic mass is 10.2. The molecule has 2 N–H and O–H groups in total. The van der Waals surface area contributed by atoms with Gasteiger partial charge in [0, 0.05) is 29.3 Å². The highest BCUT2D eigenvalue weighted by atomic mass is 32.2. The Balaban J connectivity index is 1.75. The van der Waals surface area contributed by atoms with Crippen molar-refractivity contribution in [3.05, 3.63) is 41.5 Å². The summed E-state index contributed by atoms with van der Waals surface area (Å²) >= 11 is 1.57. The summed E-state index contributed by atoms with van der Waals surface area (Å²) in [5.74, 6) is 2.25. The molecular weight excluding hydrogens is 312 g/mol. The van der Waals surface area contributed by atoms with E-state index in [1.165, 1.54) is 0 Å². The second-order valence-electron chi connectivity index (χ2n) is 5.14. The zero-order chi connectivity index (χ0) is 16.7. The van der Waals surface area contributed by atoms with Crippen molar-refractivity contribution in [2.75, 3.05) is 18.9 Å². The minimum absolute atomic E-state index is 0.0739. The maximum absolute atomic E-state index is 12.1. The summed E-state index contributed by atoms with van der Waals surface area (Å²) in [5.41, 5.74) is 0.645. The summed E-state index contributed by atoms with van der Waals surface area (Å²) < 4.78 is 1.86. The molecule has 0 atom stereocenters. The third kappa shape index (κ3) is 5.37. The lowest BCUT2D eigenvalue weighted by Crippen LogP contribution is -2.25. The number of hydrogen-bond acceptors (Lipinski definition) is 5. The molecule has 1 aromatic heterocycles. The smallest absolute Gasteiger partial charge is 0.251 e.